The summed E-state index contributed by atoms with van der Waals surface area (Å²) in [6.07, 6.45) is 5.29. The maximum Gasteiger partial charge on any atom is 0.251 e. The number of benzene rings is 1. The zero-order chi connectivity index (χ0) is 15.2. The number of ether oxygens (including phenoxy) is 2. The van der Waals surface area contributed by atoms with Crippen molar-refractivity contribution in [1.82, 2.24) is 14.9 Å². The van der Waals surface area contributed by atoms with Gasteiger partial charge in [0.25, 0.3) is 5.91 Å². The Morgan fingerprint density at radius 3 is 2.48 bits per heavy atom. The summed E-state index contributed by atoms with van der Waals surface area (Å²) < 4.78 is 12.2. The van der Waals surface area contributed by atoms with Gasteiger partial charge in [-0.3, -0.25) is 4.79 Å². The van der Waals surface area contributed by atoms with Crippen LogP contribution in [-0.2, 0) is 6.54 Å². The van der Waals surface area contributed by atoms with Crippen LogP contribution in [0.15, 0.2) is 36.9 Å². The van der Waals surface area contributed by atoms with E-state index in [0.29, 0.717) is 23.6 Å². The fourth-order valence-corrected chi connectivity index (χ4v) is 2.00. The zero-order valence-electron chi connectivity index (χ0n) is 12.4. The van der Waals surface area contributed by atoms with Gasteiger partial charge in [0.1, 0.15) is 11.5 Å². The molecule has 21 heavy (non-hydrogen) atoms. The number of nitrogens with zero attached hydrogens (tertiary/aromatic N) is 2. The fraction of sp³-hybridized carbons (Fsp3) is 0.333. The predicted octanol–water partition coefficient (Wildman–Crippen LogP) is 1.72. The number of methoxy groups -OCH3 is 2. The molecule has 0 saturated heterocycles. The van der Waals surface area contributed by atoms with Gasteiger partial charge in [0, 0.05) is 36.6 Å². The molecule has 0 unspecified atom stereocenters. The van der Waals surface area contributed by atoms with Crippen LogP contribution in [0, 0.1) is 0 Å². The molecule has 6 nitrogen and oxygen atoms in total. The number of aromatic nitrogens is 2. The van der Waals surface area contributed by atoms with Crippen molar-refractivity contribution in [1.29, 1.82) is 0 Å². The van der Waals surface area contributed by atoms with Gasteiger partial charge in [-0.2, -0.15) is 0 Å². The number of rotatable bonds is 6. The van der Waals surface area contributed by atoms with Gasteiger partial charge in [-0.25, -0.2) is 4.98 Å². The second kappa shape index (κ2) is 6.78. The summed E-state index contributed by atoms with van der Waals surface area (Å²) in [5.41, 5.74) is 0.503. The number of nitrogens with one attached hydrogen (secondary N) is 1. The fourth-order valence-electron chi connectivity index (χ4n) is 2.00. The van der Waals surface area contributed by atoms with Crippen molar-refractivity contribution >= 4 is 5.91 Å². The monoisotopic (exact) mass is 289 g/mol. The van der Waals surface area contributed by atoms with E-state index in [0.717, 1.165) is 0 Å². The predicted molar refractivity (Wildman–Crippen MR) is 78.7 cm³/mol. The highest BCUT2D eigenvalue weighted by Gasteiger charge is 2.12. The molecular weight excluding hydrogens is 270 g/mol. The summed E-state index contributed by atoms with van der Waals surface area (Å²) in [6, 6.07) is 5.07. The van der Waals surface area contributed by atoms with Crippen molar-refractivity contribution in [3.05, 3.63) is 42.5 Å². The lowest BCUT2D eigenvalue weighted by Gasteiger charge is -2.15. The Labute approximate surface area is 123 Å². The zero-order valence-corrected chi connectivity index (χ0v) is 12.4. The third kappa shape index (κ3) is 3.98. The van der Waals surface area contributed by atoms with E-state index >= 15 is 0 Å². The van der Waals surface area contributed by atoms with E-state index in [9.17, 15) is 4.79 Å². The van der Waals surface area contributed by atoms with E-state index in [2.05, 4.69) is 10.3 Å². The Morgan fingerprint density at radius 2 is 1.95 bits per heavy atom. The van der Waals surface area contributed by atoms with Gasteiger partial charge >= 0.3 is 0 Å². The number of carbonyl (C=O) groups is 1. The number of imidazole rings is 1. The standard InChI is InChI=1S/C15H19N3O3/c1-11(9-18-5-4-16-10-18)17-15(19)12-6-13(20-2)8-14(7-12)21-3/h4-8,10-11H,9H2,1-3H3,(H,17,19)/t11-/m0/s1. The molecule has 0 radical (unpaired) electrons. The molecule has 1 aromatic carbocycles. The van der Waals surface area contributed by atoms with Crippen molar-refractivity contribution < 1.29 is 14.3 Å². The molecule has 0 saturated carbocycles. The molecule has 1 N–H and O–H groups in total. The largest absolute Gasteiger partial charge is 0.497 e. The van der Waals surface area contributed by atoms with Crippen LogP contribution in [0.4, 0.5) is 0 Å². The van der Waals surface area contributed by atoms with Gasteiger partial charge < -0.3 is 19.4 Å². The van der Waals surface area contributed by atoms with E-state index in [1.54, 1.807) is 44.9 Å². The maximum absolute atomic E-state index is 12.3. The Hall–Kier alpha value is -2.50. The van der Waals surface area contributed by atoms with Crippen molar-refractivity contribution in [3.8, 4) is 11.5 Å². The maximum atomic E-state index is 12.3. The van der Waals surface area contributed by atoms with Crippen LogP contribution in [-0.4, -0.2) is 35.7 Å². The molecule has 0 bridgehead atoms. The highest BCUT2D eigenvalue weighted by molar-refractivity contribution is 5.95. The number of amides is 1. The Bertz CT molecular complexity index is 574. The topological polar surface area (TPSA) is 65.4 Å². The van der Waals surface area contributed by atoms with Gasteiger partial charge in [-0.15, -0.1) is 0 Å². The van der Waals surface area contributed by atoms with E-state index < -0.39 is 0 Å². The first-order chi connectivity index (χ1) is 10.1. The Morgan fingerprint density at radius 1 is 1.29 bits per heavy atom. The number of carbonyl (C=O) groups excluding carboxylic acids is 1. The average Bonchev–Trinajstić information content (AvgIpc) is 2.99. The summed E-state index contributed by atoms with van der Waals surface area (Å²) in [6.45, 7) is 2.60. The van der Waals surface area contributed by atoms with Crippen LogP contribution in [0.2, 0.25) is 0 Å². The molecule has 1 amide bonds. The first kappa shape index (κ1) is 14.9. The van der Waals surface area contributed by atoms with E-state index in [-0.39, 0.29) is 11.9 Å². The Balaban J connectivity index is 2.05. The van der Waals surface area contributed by atoms with Crippen LogP contribution >= 0.6 is 0 Å². The molecule has 0 spiro atoms. The average molecular weight is 289 g/mol. The second-order valence-electron chi connectivity index (χ2n) is 4.74. The molecule has 0 aliphatic carbocycles. The van der Waals surface area contributed by atoms with Crippen molar-refractivity contribution in [2.24, 2.45) is 0 Å². The van der Waals surface area contributed by atoms with E-state index in [1.807, 2.05) is 17.7 Å². The molecule has 0 fully saturated rings. The number of hydrogen-bond acceptors (Lipinski definition) is 4. The summed E-state index contributed by atoms with van der Waals surface area (Å²) in [5.74, 6) is 1.00. The van der Waals surface area contributed by atoms with Crippen molar-refractivity contribution in [2.45, 2.75) is 19.5 Å². The Kier molecular flexibility index (Phi) is 4.81. The van der Waals surface area contributed by atoms with Crippen LogP contribution in [0.1, 0.15) is 17.3 Å². The molecule has 6 heteroatoms. The molecule has 2 aromatic rings. The minimum atomic E-state index is -0.167. The summed E-state index contributed by atoms with van der Waals surface area (Å²) >= 11 is 0. The van der Waals surface area contributed by atoms with Crippen LogP contribution in [0.3, 0.4) is 0 Å². The lowest BCUT2D eigenvalue weighted by Crippen LogP contribution is -2.35. The first-order valence-corrected chi connectivity index (χ1v) is 6.62. The summed E-state index contributed by atoms with van der Waals surface area (Å²) in [7, 11) is 3.11. The molecule has 0 aliphatic heterocycles. The van der Waals surface area contributed by atoms with Crippen molar-refractivity contribution in [2.75, 3.05) is 14.2 Å². The SMILES string of the molecule is COc1cc(OC)cc(C(=O)N[C@@H](C)Cn2ccnc2)c1. The smallest absolute Gasteiger partial charge is 0.251 e. The van der Waals surface area contributed by atoms with E-state index in [4.69, 9.17) is 9.47 Å². The van der Waals surface area contributed by atoms with E-state index in [1.165, 1.54) is 0 Å². The third-order valence-electron chi connectivity index (χ3n) is 3.03. The minimum Gasteiger partial charge on any atom is -0.497 e. The van der Waals surface area contributed by atoms with Crippen molar-refractivity contribution in [3.63, 3.8) is 0 Å². The van der Waals surface area contributed by atoms with Gasteiger partial charge in [0.2, 0.25) is 0 Å². The molecule has 2 rings (SSSR count). The van der Waals surface area contributed by atoms with Crippen LogP contribution in [0.5, 0.6) is 11.5 Å². The van der Waals surface area contributed by atoms with Gasteiger partial charge in [-0.05, 0) is 19.1 Å². The van der Waals surface area contributed by atoms with Gasteiger partial charge in [0.15, 0.2) is 0 Å². The molecular formula is C15H19N3O3. The number of hydrogen-bond donors (Lipinski definition) is 1. The first-order valence-electron chi connectivity index (χ1n) is 6.62. The molecule has 0 aliphatic rings. The molecule has 1 aromatic heterocycles. The normalized spacial score (nSPS) is 11.8. The van der Waals surface area contributed by atoms with Gasteiger partial charge in [0.05, 0.1) is 20.5 Å². The molecule has 112 valence electrons. The van der Waals surface area contributed by atoms with Crippen LogP contribution in [0.25, 0.3) is 0 Å². The minimum absolute atomic E-state index is 0.0242. The lowest BCUT2D eigenvalue weighted by atomic mass is 10.1. The highest BCUT2D eigenvalue weighted by Crippen LogP contribution is 2.22. The highest BCUT2D eigenvalue weighted by atomic mass is 16.5. The second-order valence-corrected chi connectivity index (χ2v) is 4.74. The third-order valence-corrected chi connectivity index (χ3v) is 3.03. The van der Waals surface area contributed by atoms with Crippen LogP contribution < -0.4 is 14.8 Å². The summed E-state index contributed by atoms with van der Waals surface area (Å²) in [5, 5.41) is 2.94. The lowest BCUT2D eigenvalue weighted by molar-refractivity contribution is 0.0936. The van der Waals surface area contributed by atoms with Gasteiger partial charge in [-0.1, -0.05) is 0 Å². The quantitative estimate of drug-likeness (QED) is 0.879. The summed E-state index contributed by atoms with van der Waals surface area (Å²) in [4.78, 5) is 16.2. The molecule has 1 heterocycles. The molecule has 1 atom stereocenters.